The van der Waals surface area contributed by atoms with Gasteiger partial charge in [-0.3, -0.25) is 0 Å². The highest BCUT2D eigenvalue weighted by molar-refractivity contribution is 7.89. The fourth-order valence-corrected chi connectivity index (χ4v) is 4.85. The fraction of sp³-hybridized carbons (Fsp3) is 0.786. The molecule has 0 spiro atoms. The minimum atomic E-state index is -3.08. The zero-order chi connectivity index (χ0) is 15.3. The largest absolute Gasteiger partial charge is 0.303 e. The Morgan fingerprint density at radius 2 is 2.14 bits per heavy atom. The lowest BCUT2D eigenvalue weighted by atomic mass is 10.1. The average Bonchev–Trinajstić information content (AvgIpc) is 2.83. The number of rotatable bonds is 7. The van der Waals surface area contributed by atoms with E-state index in [4.69, 9.17) is 0 Å². The van der Waals surface area contributed by atoms with E-state index in [0.717, 1.165) is 44.6 Å². The Labute approximate surface area is 131 Å². The van der Waals surface area contributed by atoms with Crippen LogP contribution in [0.3, 0.4) is 0 Å². The van der Waals surface area contributed by atoms with E-state index in [2.05, 4.69) is 21.5 Å². The van der Waals surface area contributed by atoms with Crippen LogP contribution in [0, 0.1) is 6.92 Å². The molecule has 0 amide bonds. The number of piperidine rings is 1. The summed E-state index contributed by atoms with van der Waals surface area (Å²) in [6, 6.07) is 0.114. The van der Waals surface area contributed by atoms with Crippen LogP contribution in [0.4, 0.5) is 0 Å². The second-order valence-corrected chi connectivity index (χ2v) is 8.48. The predicted molar refractivity (Wildman–Crippen MR) is 87.2 cm³/mol. The Balaban J connectivity index is 1.72. The van der Waals surface area contributed by atoms with Crippen LogP contribution in [0.15, 0.2) is 5.51 Å². The van der Waals surface area contributed by atoms with E-state index in [9.17, 15) is 8.42 Å². The van der Waals surface area contributed by atoms with Crippen molar-refractivity contribution in [2.24, 2.45) is 0 Å². The van der Waals surface area contributed by atoms with Crippen LogP contribution in [0.1, 0.15) is 36.8 Å². The van der Waals surface area contributed by atoms with Gasteiger partial charge in [-0.25, -0.2) is 18.1 Å². The van der Waals surface area contributed by atoms with Crippen molar-refractivity contribution in [2.45, 2.75) is 45.6 Å². The minimum Gasteiger partial charge on any atom is -0.303 e. The van der Waals surface area contributed by atoms with Gasteiger partial charge in [-0.1, -0.05) is 6.92 Å². The molecule has 0 aromatic carbocycles. The first-order chi connectivity index (χ1) is 10.00. The highest BCUT2D eigenvalue weighted by Gasteiger charge is 2.23. The van der Waals surface area contributed by atoms with Crippen molar-refractivity contribution < 1.29 is 8.42 Å². The fourth-order valence-electron chi connectivity index (χ4n) is 2.68. The Bertz CT molecular complexity index is 534. The van der Waals surface area contributed by atoms with E-state index in [0.29, 0.717) is 6.42 Å². The van der Waals surface area contributed by atoms with Gasteiger partial charge in [0.25, 0.3) is 0 Å². The Hall–Kier alpha value is -0.500. The molecule has 0 saturated carbocycles. The first-order valence-electron chi connectivity index (χ1n) is 7.61. The number of hydrogen-bond donors (Lipinski definition) is 1. The molecule has 1 fully saturated rings. The van der Waals surface area contributed by atoms with Gasteiger partial charge in [0, 0.05) is 17.5 Å². The topological polar surface area (TPSA) is 62.3 Å². The van der Waals surface area contributed by atoms with E-state index in [1.807, 2.05) is 12.4 Å². The van der Waals surface area contributed by atoms with Gasteiger partial charge in [-0.2, -0.15) is 0 Å². The zero-order valence-corrected chi connectivity index (χ0v) is 14.5. The maximum atomic E-state index is 11.8. The lowest BCUT2D eigenvalue weighted by molar-refractivity contribution is 0.210. The normalized spacial score (nSPS) is 18.2. The monoisotopic (exact) mass is 331 g/mol. The van der Waals surface area contributed by atoms with Crippen molar-refractivity contribution in [3.8, 4) is 0 Å². The van der Waals surface area contributed by atoms with E-state index < -0.39 is 10.0 Å². The molecular weight excluding hydrogens is 306 g/mol. The van der Waals surface area contributed by atoms with Crippen LogP contribution in [-0.2, 0) is 16.4 Å². The third-order valence-corrected chi connectivity index (χ3v) is 6.54. The Morgan fingerprint density at radius 1 is 1.43 bits per heavy atom. The molecular formula is C14H25N3O2S2. The lowest BCUT2D eigenvalue weighted by Crippen LogP contribution is -2.45. The van der Waals surface area contributed by atoms with E-state index in [1.54, 1.807) is 11.3 Å². The molecule has 1 N–H and O–H groups in total. The minimum absolute atomic E-state index is 0.114. The molecule has 0 bridgehead atoms. The first-order valence-corrected chi connectivity index (χ1v) is 10.1. The molecule has 21 heavy (non-hydrogen) atoms. The van der Waals surface area contributed by atoms with Crippen molar-refractivity contribution in [3.63, 3.8) is 0 Å². The summed E-state index contributed by atoms with van der Waals surface area (Å²) < 4.78 is 26.4. The molecule has 7 heteroatoms. The summed E-state index contributed by atoms with van der Waals surface area (Å²) in [6.07, 6.45) is 3.53. The molecule has 1 aliphatic heterocycles. The molecule has 1 saturated heterocycles. The molecule has 1 aromatic rings. The van der Waals surface area contributed by atoms with Crippen molar-refractivity contribution >= 4 is 21.4 Å². The van der Waals surface area contributed by atoms with Gasteiger partial charge >= 0.3 is 0 Å². The summed E-state index contributed by atoms with van der Waals surface area (Å²) in [5.74, 6) is 0.234. The summed E-state index contributed by atoms with van der Waals surface area (Å²) >= 11 is 1.72. The second kappa shape index (κ2) is 7.67. The average molecular weight is 332 g/mol. The summed E-state index contributed by atoms with van der Waals surface area (Å²) in [5.41, 5.74) is 3.04. The van der Waals surface area contributed by atoms with Gasteiger partial charge in [-0.05, 0) is 45.7 Å². The third kappa shape index (κ3) is 5.32. The molecule has 5 nitrogen and oxygen atoms in total. The quantitative estimate of drug-likeness (QED) is 0.827. The maximum absolute atomic E-state index is 11.8. The van der Waals surface area contributed by atoms with Crippen molar-refractivity contribution in [1.82, 2.24) is 14.6 Å². The molecule has 0 atom stereocenters. The first kappa shape index (κ1) is 16.9. The molecule has 0 aliphatic carbocycles. The number of thiazole rings is 1. The van der Waals surface area contributed by atoms with Crippen molar-refractivity contribution in [2.75, 3.05) is 25.4 Å². The summed E-state index contributed by atoms with van der Waals surface area (Å²) in [7, 11) is -3.08. The van der Waals surface area contributed by atoms with Crippen LogP contribution in [0.25, 0.3) is 0 Å². The summed E-state index contributed by atoms with van der Waals surface area (Å²) in [5, 5.41) is 0. The highest BCUT2D eigenvalue weighted by Crippen LogP contribution is 2.16. The number of hydrogen-bond acceptors (Lipinski definition) is 5. The van der Waals surface area contributed by atoms with Crippen LogP contribution < -0.4 is 4.72 Å². The Morgan fingerprint density at radius 3 is 2.71 bits per heavy atom. The zero-order valence-electron chi connectivity index (χ0n) is 12.8. The predicted octanol–water partition coefficient (Wildman–Crippen LogP) is 1.79. The summed E-state index contributed by atoms with van der Waals surface area (Å²) in [6.45, 7) is 6.93. The number of nitrogens with zero attached hydrogens (tertiary/aromatic N) is 2. The standard InChI is InChI=1S/C14H25N3O2S2/c1-3-10-21(18,19)16-13-4-7-17(8-5-13)9-6-14-12(2)15-11-20-14/h11,13,16H,3-10H2,1-2H3. The van der Waals surface area contributed by atoms with Crippen LogP contribution in [-0.4, -0.2) is 49.7 Å². The Kier molecular flexibility index (Phi) is 6.16. The molecule has 120 valence electrons. The van der Waals surface area contributed by atoms with Crippen molar-refractivity contribution in [1.29, 1.82) is 0 Å². The number of likely N-dealkylation sites (tertiary alicyclic amines) is 1. The number of aryl methyl sites for hydroxylation is 1. The van der Waals surface area contributed by atoms with Gasteiger partial charge < -0.3 is 4.90 Å². The highest BCUT2D eigenvalue weighted by atomic mass is 32.2. The van der Waals surface area contributed by atoms with Crippen molar-refractivity contribution in [3.05, 3.63) is 16.1 Å². The SMILES string of the molecule is CCCS(=O)(=O)NC1CCN(CCc2scnc2C)CC1. The third-order valence-electron chi connectivity index (χ3n) is 3.91. The molecule has 1 aromatic heterocycles. The van der Waals surface area contributed by atoms with Gasteiger partial charge in [0.2, 0.25) is 10.0 Å². The molecule has 0 radical (unpaired) electrons. The van der Waals surface area contributed by atoms with Gasteiger partial charge in [0.05, 0.1) is 17.0 Å². The van der Waals surface area contributed by atoms with Gasteiger partial charge in [-0.15, -0.1) is 11.3 Å². The molecule has 0 unspecified atom stereocenters. The van der Waals surface area contributed by atoms with E-state index in [-0.39, 0.29) is 11.8 Å². The molecule has 1 aliphatic rings. The number of nitrogens with one attached hydrogen (secondary N) is 1. The van der Waals surface area contributed by atoms with Gasteiger partial charge in [0.1, 0.15) is 0 Å². The van der Waals surface area contributed by atoms with E-state index in [1.165, 1.54) is 4.88 Å². The lowest BCUT2D eigenvalue weighted by Gasteiger charge is -2.32. The van der Waals surface area contributed by atoms with E-state index >= 15 is 0 Å². The second-order valence-electron chi connectivity index (χ2n) is 5.66. The van der Waals surface area contributed by atoms with Crippen LogP contribution in [0.2, 0.25) is 0 Å². The van der Waals surface area contributed by atoms with Gasteiger partial charge in [0.15, 0.2) is 0 Å². The molecule has 2 rings (SSSR count). The molecule has 2 heterocycles. The number of sulfonamides is 1. The maximum Gasteiger partial charge on any atom is 0.211 e. The number of aromatic nitrogens is 1. The van der Waals surface area contributed by atoms with Crippen LogP contribution in [0.5, 0.6) is 0 Å². The smallest absolute Gasteiger partial charge is 0.211 e. The summed E-state index contributed by atoms with van der Waals surface area (Å²) in [4.78, 5) is 8.06. The van der Waals surface area contributed by atoms with Crippen LogP contribution >= 0.6 is 11.3 Å².